The maximum atomic E-state index is 13.0. The van der Waals surface area contributed by atoms with Crippen LogP contribution in [-0.2, 0) is 5.41 Å². The van der Waals surface area contributed by atoms with E-state index in [1.54, 1.807) is 6.07 Å². The summed E-state index contributed by atoms with van der Waals surface area (Å²) in [6, 6.07) is 6.84. The standard InChI is InChI=1S/C11H9BrFN/c12-10-3-2-8(13)6-9(10)11(7-14)4-1-5-11/h2-3,6H,1,4-5H2. The van der Waals surface area contributed by atoms with Crippen LogP contribution in [0.5, 0.6) is 0 Å². The highest BCUT2D eigenvalue weighted by Crippen LogP contribution is 2.45. The second-order valence-corrected chi connectivity index (χ2v) is 4.53. The first-order valence-corrected chi connectivity index (χ1v) is 5.34. The first-order chi connectivity index (χ1) is 6.68. The summed E-state index contributed by atoms with van der Waals surface area (Å²) in [5, 5.41) is 9.11. The molecule has 1 aromatic carbocycles. The fraction of sp³-hybridized carbons (Fsp3) is 0.364. The second kappa shape index (κ2) is 3.36. The van der Waals surface area contributed by atoms with Crippen LogP contribution in [0.15, 0.2) is 22.7 Å². The van der Waals surface area contributed by atoms with Crippen molar-refractivity contribution in [3.8, 4) is 6.07 Å². The Morgan fingerprint density at radius 1 is 1.43 bits per heavy atom. The molecule has 1 fully saturated rings. The highest BCUT2D eigenvalue weighted by Gasteiger charge is 2.40. The van der Waals surface area contributed by atoms with E-state index in [-0.39, 0.29) is 5.82 Å². The molecule has 1 aliphatic carbocycles. The topological polar surface area (TPSA) is 23.8 Å². The molecule has 72 valence electrons. The maximum Gasteiger partial charge on any atom is 0.123 e. The Bertz CT molecular complexity index is 404. The third kappa shape index (κ3) is 1.34. The molecule has 0 unspecified atom stereocenters. The molecule has 0 N–H and O–H groups in total. The zero-order valence-electron chi connectivity index (χ0n) is 7.56. The Kier molecular flexibility index (Phi) is 2.32. The van der Waals surface area contributed by atoms with Crippen molar-refractivity contribution in [2.45, 2.75) is 24.7 Å². The molecule has 1 nitrogen and oxygen atoms in total. The molecule has 1 aliphatic rings. The fourth-order valence-corrected chi connectivity index (χ4v) is 2.46. The van der Waals surface area contributed by atoms with Gasteiger partial charge in [-0.1, -0.05) is 15.9 Å². The first kappa shape index (κ1) is 9.67. The van der Waals surface area contributed by atoms with Crippen LogP contribution in [0.2, 0.25) is 0 Å². The summed E-state index contributed by atoms with van der Waals surface area (Å²) in [6.07, 6.45) is 2.73. The molecule has 3 heteroatoms. The largest absolute Gasteiger partial charge is 0.207 e. The van der Waals surface area contributed by atoms with Crippen LogP contribution in [0.4, 0.5) is 4.39 Å². The SMILES string of the molecule is N#CC1(c2cc(F)ccc2Br)CCC1. The van der Waals surface area contributed by atoms with Crippen LogP contribution in [0.3, 0.4) is 0 Å². The monoisotopic (exact) mass is 253 g/mol. The van der Waals surface area contributed by atoms with Crippen LogP contribution >= 0.6 is 15.9 Å². The summed E-state index contributed by atoms with van der Waals surface area (Å²) in [5.41, 5.74) is 0.354. The molecule has 2 rings (SSSR count). The number of hydrogen-bond donors (Lipinski definition) is 0. The van der Waals surface area contributed by atoms with Crippen molar-refractivity contribution in [1.29, 1.82) is 5.26 Å². The lowest BCUT2D eigenvalue weighted by Crippen LogP contribution is -2.32. The molecule has 0 aromatic heterocycles. The molecule has 1 saturated carbocycles. The minimum atomic E-state index is -0.444. The van der Waals surface area contributed by atoms with Gasteiger partial charge in [-0.25, -0.2) is 4.39 Å². The van der Waals surface area contributed by atoms with Gasteiger partial charge >= 0.3 is 0 Å². The minimum absolute atomic E-state index is 0.273. The highest BCUT2D eigenvalue weighted by atomic mass is 79.9. The third-order valence-corrected chi connectivity index (χ3v) is 3.56. The second-order valence-electron chi connectivity index (χ2n) is 3.67. The molecule has 0 amide bonds. The van der Waals surface area contributed by atoms with Crippen molar-refractivity contribution in [2.24, 2.45) is 0 Å². The van der Waals surface area contributed by atoms with Crippen LogP contribution < -0.4 is 0 Å². The van der Waals surface area contributed by atoms with Crippen LogP contribution in [-0.4, -0.2) is 0 Å². The predicted molar refractivity (Wildman–Crippen MR) is 55.2 cm³/mol. The quantitative estimate of drug-likeness (QED) is 0.752. The normalized spacial score (nSPS) is 18.4. The average molecular weight is 254 g/mol. The molecule has 0 radical (unpaired) electrons. The van der Waals surface area contributed by atoms with E-state index in [9.17, 15) is 4.39 Å². The van der Waals surface area contributed by atoms with Gasteiger partial charge in [0.2, 0.25) is 0 Å². The van der Waals surface area contributed by atoms with Crippen molar-refractivity contribution in [2.75, 3.05) is 0 Å². The van der Waals surface area contributed by atoms with Gasteiger partial charge in [-0.2, -0.15) is 5.26 Å². The number of halogens is 2. The van der Waals surface area contributed by atoms with Gasteiger partial charge in [0.05, 0.1) is 11.5 Å². The summed E-state index contributed by atoms with van der Waals surface area (Å²) in [7, 11) is 0. The Morgan fingerprint density at radius 3 is 2.64 bits per heavy atom. The Balaban J connectivity index is 2.50. The van der Waals surface area contributed by atoms with Crippen molar-refractivity contribution < 1.29 is 4.39 Å². The molecule has 0 heterocycles. The van der Waals surface area contributed by atoms with E-state index in [1.165, 1.54) is 12.1 Å². The van der Waals surface area contributed by atoms with Gasteiger partial charge in [0.25, 0.3) is 0 Å². The van der Waals surface area contributed by atoms with Crippen molar-refractivity contribution in [3.63, 3.8) is 0 Å². The van der Waals surface area contributed by atoms with E-state index in [1.807, 2.05) is 0 Å². The maximum absolute atomic E-state index is 13.0. The Morgan fingerprint density at radius 2 is 2.14 bits per heavy atom. The number of hydrogen-bond acceptors (Lipinski definition) is 1. The van der Waals surface area contributed by atoms with Crippen molar-refractivity contribution in [3.05, 3.63) is 34.1 Å². The number of rotatable bonds is 1. The lowest BCUT2D eigenvalue weighted by atomic mass is 9.65. The average Bonchev–Trinajstić information content (AvgIpc) is 2.10. The molecule has 0 atom stereocenters. The van der Waals surface area contributed by atoms with E-state index in [2.05, 4.69) is 22.0 Å². The number of nitrogens with zero attached hydrogens (tertiary/aromatic N) is 1. The molecular formula is C11H9BrFN. The molecule has 14 heavy (non-hydrogen) atoms. The number of benzene rings is 1. The summed E-state index contributed by atoms with van der Waals surface area (Å²) >= 11 is 3.36. The predicted octanol–water partition coefficient (Wildman–Crippen LogP) is 3.53. The molecule has 0 saturated heterocycles. The van der Waals surface area contributed by atoms with E-state index < -0.39 is 5.41 Å². The summed E-state index contributed by atoms with van der Waals surface area (Å²) in [4.78, 5) is 0. The van der Waals surface area contributed by atoms with Crippen molar-refractivity contribution >= 4 is 15.9 Å². The van der Waals surface area contributed by atoms with Gasteiger partial charge in [-0.3, -0.25) is 0 Å². The van der Waals surface area contributed by atoms with E-state index in [0.29, 0.717) is 0 Å². The van der Waals surface area contributed by atoms with Crippen molar-refractivity contribution in [1.82, 2.24) is 0 Å². The van der Waals surface area contributed by atoms with Gasteiger partial charge < -0.3 is 0 Å². The van der Waals surface area contributed by atoms with Crippen LogP contribution in [0.25, 0.3) is 0 Å². The summed E-state index contributed by atoms with van der Waals surface area (Å²) < 4.78 is 13.9. The fourth-order valence-electron chi connectivity index (χ4n) is 1.84. The van der Waals surface area contributed by atoms with Gasteiger partial charge in [0, 0.05) is 4.47 Å². The third-order valence-electron chi connectivity index (χ3n) is 2.87. The highest BCUT2D eigenvalue weighted by molar-refractivity contribution is 9.10. The molecule has 0 aliphatic heterocycles. The minimum Gasteiger partial charge on any atom is -0.207 e. The van der Waals surface area contributed by atoms with Crippen LogP contribution in [0.1, 0.15) is 24.8 Å². The Labute approximate surface area is 90.7 Å². The summed E-state index contributed by atoms with van der Waals surface area (Å²) in [6.45, 7) is 0. The van der Waals surface area contributed by atoms with E-state index in [4.69, 9.17) is 5.26 Å². The van der Waals surface area contributed by atoms with Crippen LogP contribution in [0, 0.1) is 17.1 Å². The first-order valence-electron chi connectivity index (χ1n) is 4.55. The van der Waals surface area contributed by atoms with Gasteiger partial charge in [-0.05, 0) is 43.0 Å². The lowest BCUT2D eigenvalue weighted by molar-refractivity contribution is 0.321. The van der Waals surface area contributed by atoms with E-state index in [0.717, 1.165) is 29.3 Å². The summed E-state index contributed by atoms with van der Waals surface area (Å²) in [5.74, 6) is -0.273. The van der Waals surface area contributed by atoms with Gasteiger partial charge in [0.1, 0.15) is 5.82 Å². The number of nitriles is 1. The smallest absolute Gasteiger partial charge is 0.123 e. The molecule has 1 aromatic rings. The zero-order chi connectivity index (χ0) is 10.2. The van der Waals surface area contributed by atoms with E-state index >= 15 is 0 Å². The molecular weight excluding hydrogens is 245 g/mol. The molecule has 0 bridgehead atoms. The van der Waals surface area contributed by atoms with Gasteiger partial charge in [0.15, 0.2) is 0 Å². The lowest BCUT2D eigenvalue weighted by Gasteiger charge is -2.36. The van der Waals surface area contributed by atoms with Gasteiger partial charge in [-0.15, -0.1) is 0 Å². The zero-order valence-corrected chi connectivity index (χ0v) is 9.14. The Hall–Kier alpha value is -0.880. The molecule has 0 spiro atoms.